The number of hydrogen-bond donors (Lipinski definition) is 2. The number of hydrogen-bond acceptors (Lipinski definition) is 2. The molecule has 0 fully saturated rings. The highest BCUT2D eigenvalue weighted by Gasteiger charge is 2.03. The second-order valence-corrected chi connectivity index (χ2v) is 4.45. The Morgan fingerprint density at radius 3 is 2.85 bits per heavy atom. The van der Waals surface area contributed by atoms with E-state index in [2.05, 4.69) is 27.9 Å². The van der Waals surface area contributed by atoms with Gasteiger partial charge in [0, 0.05) is 20.3 Å². The molecule has 1 aromatic rings. The first-order valence-electron chi connectivity index (χ1n) is 3.96. The van der Waals surface area contributed by atoms with E-state index in [4.69, 9.17) is 16.7 Å². The van der Waals surface area contributed by atoms with Gasteiger partial charge in [0.2, 0.25) is 0 Å². The van der Waals surface area contributed by atoms with Gasteiger partial charge in [-0.25, -0.2) is 0 Å². The average Bonchev–Trinajstić information content (AvgIpc) is 2.09. The molecule has 1 atom stereocenters. The summed E-state index contributed by atoms with van der Waals surface area (Å²) in [4.78, 5) is 0. The van der Waals surface area contributed by atoms with E-state index in [-0.39, 0.29) is 12.6 Å². The number of aliphatic hydroxyl groups is 1. The minimum atomic E-state index is 0.0645. The van der Waals surface area contributed by atoms with Crippen LogP contribution in [0.15, 0.2) is 18.2 Å². The molecule has 0 saturated heterocycles. The number of anilines is 1. The van der Waals surface area contributed by atoms with Crippen molar-refractivity contribution in [2.24, 2.45) is 0 Å². The molecule has 0 radical (unpaired) electrons. The van der Waals surface area contributed by atoms with E-state index in [0.29, 0.717) is 0 Å². The molecule has 0 aliphatic heterocycles. The summed E-state index contributed by atoms with van der Waals surface area (Å²) in [6.07, 6.45) is 0. The van der Waals surface area contributed by atoms with Gasteiger partial charge in [-0.1, -0.05) is 11.6 Å². The predicted molar refractivity (Wildman–Crippen MR) is 64.3 cm³/mol. The molecule has 0 aliphatic rings. The molecule has 0 bridgehead atoms. The molecule has 0 amide bonds. The van der Waals surface area contributed by atoms with E-state index in [1.54, 1.807) is 0 Å². The number of aliphatic hydroxyl groups excluding tert-OH is 1. The Balaban J connectivity index is 2.77. The lowest BCUT2D eigenvalue weighted by Gasteiger charge is -2.13. The molecule has 0 unspecified atom stereocenters. The Morgan fingerprint density at radius 2 is 2.31 bits per heavy atom. The quantitative estimate of drug-likeness (QED) is 0.841. The van der Waals surface area contributed by atoms with Crippen LogP contribution in [0.5, 0.6) is 0 Å². The van der Waals surface area contributed by atoms with Crippen LogP contribution in [0.4, 0.5) is 5.69 Å². The van der Waals surface area contributed by atoms with Crippen LogP contribution in [0.1, 0.15) is 6.92 Å². The summed E-state index contributed by atoms with van der Waals surface area (Å²) < 4.78 is 1.06. The Bertz CT molecular complexity index is 293. The third kappa shape index (κ3) is 3.32. The molecule has 2 nitrogen and oxygen atoms in total. The first-order valence-corrected chi connectivity index (χ1v) is 5.41. The lowest BCUT2D eigenvalue weighted by atomic mass is 10.3. The fourth-order valence-electron chi connectivity index (χ4n) is 0.918. The topological polar surface area (TPSA) is 32.3 Å². The van der Waals surface area contributed by atoms with Crippen LogP contribution in [0.3, 0.4) is 0 Å². The van der Waals surface area contributed by atoms with Crippen LogP contribution in [-0.2, 0) is 0 Å². The highest BCUT2D eigenvalue weighted by molar-refractivity contribution is 14.1. The fourth-order valence-corrected chi connectivity index (χ4v) is 1.94. The third-order valence-corrected chi connectivity index (χ3v) is 2.73. The standard InChI is InChI=1S/C9H11ClINO/c1-6(5-13)12-9-3-2-7(10)4-8(9)11/h2-4,6,12-13H,5H2,1H3/t6-/m0/s1. The van der Waals surface area contributed by atoms with Gasteiger partial charge in [-0.3, -0.25) is 0 Å². The largest absolute Gasteiger partial charge is 0.394 e. The van der Waals surface area contributed by atoms with Crippen molar-refractivity contribution >= 4 is 39.9 Å². The first-order chi connectivity index (χ1) is 6.13. The van der Waals surface area contributed by atoms with Gasteiger partial charge in [-0.2, -0.15) is 0 Å². The maximum Gasteiger partial charge on any atom is 0.0630 e. The first kappa shape index (κ1) is 11.1. The Morgan fingerprint density at radius 1 is 1.62 bits per heavy atom. The van der Waals surface area contributed by atoms with Crippen LogP contribution in [0, 0.1) is 3.57 Å². The minimum Gasteiger partial charge on any atom is -0.394 e. The van der Waals surface area contributed by atoms with Crippen LogP contribution in [-0.4, -0.2) is 17.8 Å². The molecule has 13 heavy (non-hydrogen) atoms. The fraction of sp³-hybridized carbons (Fsp3) is 0.333. The zero-order chi connectivity index (χ0) is 9.84. The van der Waals surface area contributed by atoms with Gasteiger partial charge < -0.3 is 10.4 Å². The minimum absolute atomic E-state index is 0.0645. The number of benzene rings is 1. The maximum absolute atomic E-state index is 8.85. The summed E-state index contributed by atoms with van der Waals surface area (Å²) in [7, 11) is 0. The molecule has 0 aliphatic carbocycles. The monoisotopic (exact) mass is 311 g/mol. The van der Waals surface area contributed by atoms with Gasteiger partial charge in [0.05, 0.1) is 6.61 Å². The summed E-state index contributed by atoms with van der Waals surface area (Å²) in [6.45, 7) is 2.05. The van der Waals surface area contributed by atoms with Crippen molar-refractivity contribution in [1.82, 2.24) is 0 Å². The lowest BCUT2D eigenvalue weighted by molar-refractivity contribution is 0.281. The van der Waals surface area contributed by atoms with E-state index in [1.807, 2.05) is 25.1 Å². The molecule has 0 spiro atoms. The zero-order valence-corrected chi connectivity index (χ0v) is 10.1. The molecular weight excluding hydrogens is 300 g/mol. The molecular formula is C9H11ClINO. The van der Waals surface area contributed by atoms with E-state index < -0.39 is 0 Å². The maximum atomic E-state index is 8.85. The second-order valence-electron chi connectivity index (χ2n) is 2.85. The molecule has 2 N–H and O–H groups in total. The number of rotatable bonds is 3. The van der Waals surface area contributed by atoms with E-state index >= 15 is 0 Å². The van der Waals surface area contributed by atoms with Crippen molar-refractivity contribution in [3.63, 3.8) is 0 Å². The van der Waals surface area contributed by atoms with Gasteiger partial charge in [-0.15, -0.1) is 0 Å². The highest BCUT2D eigenvalue weighted by Crippen LogP contribution is 2.22. The van der Waals surface area contributed by atoms with E-state index in [0.717, 1.165) is 14.3 Å². The van der Waals surface area contributed by atoms with Crippen LogP contribution in [0.2, 0.25) is 5.02 Å². The van der Waals surface area contributed by atoms with Crippen LogP contribution in [0.25, 0.3) is 0 Å². The Kier molecular flexibility index (Phi) is 4.28. The summed E-state index contributed by atoms with van der Waals surface area (Å²) in [5.41, 5.74) is 1.01. The summed E-state index contributed by atoms with van der Waals surface area (Å²) in [5, 5.41) is 12.7. The molecule has 4 heteroatoms. The van der Waals surface area contributed by atoms with Crippen LogP contribution >= 0.6 is 34.2 Å². The van der Waals surface area contributed by atoms with Gasteiger partial charge in [0.1, 0.15) is 0 Å². The number of nitrogens with one attached hydrogen (secondary N) is 1. The normalized spacial score (nSPS) is 12.6. The third-order valence-electron chi connectivity index (χ3n) is 1.61. The van der Waals surface area contributed by atoms with Crippen molar-refractivity contribution < 1.29 is 5.11 Å². The SMILES string of the molecule is C[C@@H](CO)Nc1ccc(Cl)cc1I. The molecule has 72 valence electrons. The molecule has 0 aromatic heterocycles. The lowest BCUT2D eigenvalue weighted by Crippen LogP contribution is -2.19. The molecule has 1 aromatic carbocycles. The second kappa shape index (κ2) is 5.02. The van der Waals surface area contributed by atoms with Gasteiger partial charge >= 0.3 is 0 Å². The van der Waals surface area contributed by atoms with Gasteiger partial charge in [-0.05, 0) is 47.7 Å². The smallest absolute Gasteiger partial charge is 0.0630 e. The molecule has 0 heterocycles. The van der Waals surface area contributed by atoms with E-state index in [9.17, 15) is 0 Å². The van der Waals surface area contributed by atoms with Gasteiger partial charge in [0.15, 0.2) is 0 Å². The van der Waals surface area contributed by atoms with Crippen molar-refractivity contribution in [3.05, 3.63) is 26.8 Å². The van der Waals surface area contributed by atoms with Crippen molar-refractivity contribution in [1.29, 1.82) is 0 Å². The van der Waals surface area contributed by atoms with Crippen LogP contribution < -0.4 is 5.32 Å². The van der Waals surface area contributed by atoms with Crippen molar-refractivity contribution in [2.45, 2.75) is 13.0 Å². The predicted octanol–water partition coefficient (Wildman–Crippen LogP) is 2.74. The van der Waals surface area contributed by atoms with Crippen molar-refractivity contribution in [2.75, 3.05) is 11.9 Å². The average molecular weight is 312 g/mol. The number of halogens is 2. The Hall–Kier alpha value is -0.000000000000000111. The summed E-state index contributed by atoms with van der Waals surface area (Å²) >= 11 is 8.01. The zero-order valence-electron chi connectivity index (χ0n) is 7.22. The highest BCUT2D eigenvalue weighted by atomic mass is 127. The van der Waals surface area contributed by atoms with Gasteiger partial charge in [0.25, 0.3) is 0 Å². The summed E-state index contributed by atoms with van der Waals surface area (Å²) in [6, 6.07) is 5.69. The molecule has 1 rings (SSSR count). The van der Waals surface area contributed by atoms with E-state index in [1.165, 1.54) is 0 Å². The van der Waals surface area contributed by atoms with Crippen molar-refractivity contribution in [3.8, 4) is 0 Å². The summed E-state index contributed by atoms with van der Waals surface area (Å²) in [5.74, 6) is 0. The Labute approximate surface area is 96.4 Å². The molecule has 0 saturated carbocycles.